The Balaban J connectivity index is 2.14. The number of unbranched alkanes of at least 4 members (excludes halogenated alkanes) is 1. The SMILES string of the molecule is CCCCN(C)C(=O)c1coc(-c2ccc(C(F)(F)F)cc2)n1. The van der Waals surface area contributed by atoms with Crippen molar-refractivity contribution in [1.29, 1.82) is 0 Å². The maximum Gasteiger partial charge on any atom is 0.416 e. The van der Waals surface area contributed by atoms with E-state index in [-0.39, 0.29) is 17.5 Å². The first kappa shape index (κ1) is 17.1. The van der Waals surface area contributed by atoms with E-state index in [9.17, 15) is 18.0 Å². The Morgan fingerprint density at radius 2 is 1.91 bits per heavy atom. The number of halogens is 3. The summed E-state index contributed by atoms with van der Waals surface area (Å²) in [6.45, 7) is 2.63. The van der Waals surface area contributed by atoms with Gasteiger partial charge in [-0.2, -0.15) is 13.2 Å². The molecule has 0 saturated carbocycles. The molecule has 23 heavy (non-hydrogen) atoms. The molecule has 1 heterocycles. The standard InChI is InChI=1S/C16H17F3N2O2/c1-3-4-9-21(2)15(22)13-10-23-14(20-13)11-5-7-12(8-6-11)16(17,18)19/h5-8,10H,3-4,9H2,1-2H3. The quantitative estimate of drug-likeness (QED) is 0.826. The number of benzene rings is 1. The van der Waals surface area contributed by atoms with Crippen molar-refractivity contribution in [2.75, 3.05) is 13.6 Å². The Hall–Kier alpha value is -2.31. The van der Waals surface area contributed by atoms with Crippen LogP contribution in [0.1, 0.15) is 35.8 Å². The zero-order chi connectivity index (χ0) is 17.0. The molecule has 0 bridgehead atoms. The molecule has 4 nitrogen and oxygen atoms in total. The topological polar surface area (TPSA) is 46.3 Å². The molecule has 1 aromatic carbocycles. The van der Waals surface area contributed by atoms with Gasteiger partial charge in [-0.15, -0.1) is 0 Å². The van der Waals surface area contributed by atoms with Crippen molar-refractivity contribution in [2.24, 2.45) is 0 Å². The molecule has 0 N–H and O–H groups in total. The van der Waals surface area contributed by atoms with E-state index in [1.54, 1.807) is 7.05 Å². The van der Waals surface area contributed by atoms with Crippen molar-refractivity contribution in [1.82, 2.24) is 9.88 Å². The highest BCUT2D eigenvalue weighted by Crippen LogP contribution is 2.30. The highest BCUT2D eigenvalue weighted by Gasteiger charge is 2.30. The van der Waals surface area contributed by atoms with Gasteiger partial charge in [-0.3, -0.25) is 4.79 Å². The second-order valence-electron chi connectivity index (χ2n) is 5.19. The fourth-order valence-electron chi connectivity index (χ4n) is 2.00. The normalized spacial score (nSPS) is 11.5. The second kappa shape index (κ2) is 6.85. The van der Waals surface area contributed by atoms with Crippen molar-refractivity contribution in [2.45, 2.75) is 25.9 Å². The first-order chi connectivity index (χ1) is 10.8. The lowest BCUT2D eigenvalue weighted by molar-refractivity contribution is -0.137. The van der Waals surface area contributed by atoms with Gasteiger partial charge in [0.25, 0.3) is 5.91 Å². The lowest BCUT2D eigenvalue weighted by Gasteiger charge is -2.14. The lowest BCUT2D eigenvalue weighted by atomic mass is 10.1. The lowest BCUT2D eigenvalue weighted by Crippen LogP contribution is -2.27. The third kappa shape index (κ3) is 4.12. The van der Waals surface area contributed by atoms with Crippen LogP contribution in [0.2, 0.25) is 0 Å². The third-order valence-corrected chi connectivity index (χ3v) is 3.38. The number of hydrogen-bond acceptors (Lipinski definition) is 3. The Bertz CT molecular complexity index is 663. The van der Waals surface area contributed by atoms with E-state index in [0.29, 0.717) is 12.1 Å². The summed E-state index contributed by atoms with van der Waals surface area (Å²) in [7, 11) is 1.67. The van der Waals surface area contributed by atoms with Gasteiger partial charge in [-0.25, -0.2) is 4.98 Å². The van der Waals surface area contributed by atoms with Crippen molar-refractivity contribution >= 4 is 5.91 Å². The number of oxazole rings is 1. The van der Waals surface area contributed by atoms with Gasteiger partial charge in [-0.05, 0) is 30.7 Å². The fourth-order valence-corrected chi connectivity index (χ4v) is 2.00. The van der Waals surface area contributed by atoms with Crippen LogP contribution in [0.5, 0.6) is 0 Å². The van der Waals surface area contributed by atoms with Crippen LogP contribution < -0.4 is 0 Å². The molecule has 0 aliphatic rings. The minimum Gasteiger partial charge on any atom is -0.444 e. The van der Waals surface area contributed by atoms with Gasteiger partial charge in [-0.1, -0.05) is 13.3 Å². The van der Waals surface area contributed by atoms with Crippen LogP contribution >= 0.6 is 0 Å². The molecule has 0 atom stereocenters. The molecule has 2 aromatic rings. The van der Waals surface area contributed by atoms with Crippen molar-refractivity contribution in [3.63, 3.8) is 0 Å². The van der Waals surface area contributed by atoms with Gasteiger partial charge in [0, 0.05) is 19.2 Å². The van der Waals surface area contributed by atoms with Gasteiger partial charge in [0.15, 0.2) is 5.69 Å². The molecular formula is C16H17F3N2O2. The number of amides is 1. The Morgan fingerprint density at radius 1 is 1.26 bits per heavy atom. The van der Waals surface area contributed by atoms with Crippen LogP contribution in [0.15, 0.2) is 34.9 Å². The Kier molecular flexibility index (Phi) is 5.08. The van der Waals surface area contributed by atoms with E-state index >= 15 is 0 Å². The zero-order valence-corrected chi connectivity index (χ0v) is 12.9. The maximum atomic E-state index is 12.5. The average Bonchev–Trinajstić information content (AvgIpc) is 3.01. The van der Waals surface area contributed by atoms with Gasteiger partial charge in [0.05, 0.1) is 5.56 Å². The van der Waals surface area contributed by atoms with Gasteiger partial charge >= 0.3 is 6.18 Å². The first-order valence-corrected chi connectivity index (χ1v) is 7.21. The molecule has 0 radical (unpaired) electrons. The van der Waals surface area contributed by atoms with E-state index < -0.39 is 11.7 Å². The van der Waals surface area contributed by atoms with E-state index in [0.717, 1.165) is 25.0 Å². The largest absolute Gasteiger partial charge is 0.444 e. The Labute approximate surface area is 131 Å². The first-order valence-electron chi connectivity index (χ1n) is 7.21. The van der Waals surface area contributed by atoms with Crippen LogP contribution in [0.25, 0.3) is 11.5 Å². The summed E-state index contributed by atoms with van der Waals surface area (Å²) in [4.78, 5) is 17.7. The molecule has 124 valence electrons. The average molecular weight is 326 g/mol. The third-order valence-electron chi connectivity index (χ3n) is 3.38. The maximum absolute atomic E-state index is 12.5. The summed E-state index contributed by atoms with van der Waals surface area (Å²) in [6, 6.07) is 4.44. The summed E-state index contributed by atoms with van der Waals surface area (Å²) in [5.41, 5.74) is -0.227. The molecule has 7 heteroatoms. The predicted molar refractivity (Wildman–Crippen MR) is 78.8 cm³/mol. The van der Waals surface area contributed by atoms with Crippen LogP contribution in [-0.2, 0) is 6.18 Å². The predicted octanol–water partition coefficient (Wildman–Crippen LogP) is 4.23. The Morgan fingerprint density at radius 3 is 2.48 bits per heavy atom. The van der Waals surface area contributed by atoms with E-state index in [1.165, 1.54) is 23.3 Å². The van der Waals surface area contributed by atoms with Crippen LogP contribution in [0.4, 0.5) is 13.2 Å². The van der Waals surface area contributed by atoms with Gasteiger partial charge in [0.2, 0.25) is 5.89 Å². The molecule has 0 saturated heterocycles. The molecule has 0 aliphatic heterocycles. The van der Waals surface area contributed by atoms with Crippen molar-refractivity contribution in [3.8, 4) is 11.5 Å². The van der Waals surface area contributed by atoms with E-state index in [4.69, 9.17) is 4.42 Å². The summed E-state index contributed by atoms with van der Waals surface area (Å²) in [5.74, 6) is -0.161. The smallest absolute Gasteiger partial charge is 0.416 e. The highest BCUT2D eigenvalue weighted by atomic mass is 19.4. The van der Waals surface area contributed by atoms with E-state index in [1.807, 2.05) is 6.92 Å². The van der Waals surface area contributed by atoms with Crippen molar-refractivity contribution < 1.29 is 22.4 Å². The zero-order valence-electron chi connectivity index (χ0n) is 12.9. The number of rotatable bonds is 5. The summed E-state index contributed by atoms with van der Waals surface area (Å²) >= 11 is 0. The van der Waals surface area contributed by atoms with Crippen LogP contribution in [0.3, 0.4) is 0 Å². The minimum atomic E-state index is -4.39. The molecule has 0 unspecified atom stereocenters. The van der Waals surface area contributed by atoms with Crippen LogP contribution in [-0.4, -0.2) is 29.4 Å². The summed E-state index contributed by atoms with van der Waals surface area (Å²) < 4.78 is 42.8. The fraction of sp³-hybridized carbons (Fsp3) is 0.375. The second-order valence-corrected chi connectivity index (χ2v) is 5.19. The number of carbonyl (C=O) groups excluding carboxylic acids is 1. The van der Waals surface area contributed by atoms with Gasteiger partial charge in [0.1, 0.15) is 6.26 Å². The molecular weight excluding hydrogens is 309 g/mol. The molecule has 0 spiro atoms. The number of aromatic nitrogens is 1. The molecule has 0 fully saturated rings. The van der Waals surface area contributed by atoms with Crippen molar-refractivity contribution in [3.05, 3.63) is 41.8 Å². The molecule has 1 amide bonds. The van der Waals surface area contributed by atoms with E-state index in [2.05, 4.69) is 4.98 Å². The molecule has 0 aliphatic carbocycles. The van der Waals surface area contributed by atoms with Crippen LogP contribution in [0, 0.1) is 0 Å². The number of carbonyl (C=O) groups is 1. The summed E-state index contributed by atoms with van der Waals surface area (Å²) in [6.07, 6.45) is -1.32. The molecule has 2 rings (SSSR count). The minimum absolute atomic E-state index is 0.117. The summed E-state index contributed by atoms with van der Waals surface area (Å²) in [5, 5.41) is 0. The van der Waals surface area contributed by atoms with Gasteiger partial charge < -0.3 is 9.32 Å². The highest BCUT2D eigenvalue weighted by molar-refractivity contribution is 5.92. The number of hydrogen-bond donors (Lipinski definition) is 0. The monoisotopic (exact) mass is 326 g/mol. The number of alkyl halides is 3. The molecule has 1 aromatic heterocycles. The number of nitrogens with zero attached hydrogens (tertiary/aromatic N) is 2.